The Labute approximate surface area is 129 Å². The smallest absolute Gasteiger partial charge is 0.227 e. The van der Waals surface area contributed by atoms with Crippen molar-refractivity contribution < 1.29 is 9.21 Å². The Balaban J connectivity index is 2.11. The van der Waals surface area contributed by atoms with Crippen LogP contribution in [-0.4, -0.2) is 10.9 Å². The van der Waals surface area contributed by atoms with Crippen LogP contribution in [0, 0.1) is 20.8 Å². The Morgan fingerprint density at radius 1 is 1.09 bits per heavy atom. The number of nitrogens with one attached hydrogen (secondary N) is 1. The lowest BCUT2D eigenvalue weighted by Gasteiger charge is -2.07. The molecule has 0 radical (unpaired) electrons. The number of oxazole rings is 1. The minimum atomic E-state index is -0.103. The summed E-state index contributed by atoms with van der Waals surface area (Å²) in [5.41, 5.74) is 6.71. The lowest BCUT2D eigenvalue weighted by molar-refractivity contribution is -0.114. The van der Waals surface area contributed by atoms with Gasteiger partial charge in [-0.1, -0.05) is 17.7 Å². The maximum Gasteiger partial charge on any atom is 0.227 e. The van der Waals surface area contributed by atoms with Gasteiger partial charge in [0.25, 0.3) is 0 Å². The second-order valence-corrected chi connectivity index (χ2v) is 5.66. The van der Waals surface area contributed by atoms with E-state index in [4.69, 9.17) is 4.42 Å². The van der Waals surface area contributed by atoms with Crippen molar-refractivity contribution in [3.63, 3.8) is 0 Å². The maximum atomic E-state index is 11.1. The van der Waals surface area contributed by atoms with Crippen LogP contribution in [0.4, 0.5) is 5.69 Å². The minimum Gasteiger partial charge on any atom is -0.436 e. The van der Waals surface area contributed by atoms with Crippen molar-refractivity contribution >= 4 is 22.7 Å². The highest BCUT2D eigenvalue weighted by Crippen LogP contribution is 2.31. The van der Waals surface area contributed by atoms with Gasteiger partial charge in [-0.2, -0.15) is 0 Å². The van der Waals surface area contributed by atoms with Gasteiger partial charge in [0.05, 0.1) is 0 Å². The highest BCUT2D eigenvalue weighted by Gasteiger charge is 2.14. The monoisotopic (exact) mass is 294 g/mol. The lowest BCUT2D eigenvalue weighted by Crippen LogP contribution is -2.05. The molecule has 0 spiro atoms. The average Bonchev–Trinajstić information content (AvgIpc) is 2.79. The van der Waals surface area contributed by atoms with Crippen LogP contribution in [-0.2, 0) is 4.79 Å². The second-order valence-electron chi connectivity index (χ2n) is 5.66. The Morgan fingerprint density at radius 3 is 2.41 bits per heavy atom. The summed E-state index contributed by atoms with van der Waals surface area (Å²) < 4.78 is 5.89. The number of nitrogens with zero attached hydrogens (tertiary/aromatic N) is 1. The normalized spacial score (nSPS) is 10.9. The molecule has 1 N–H and O–H groups in total. The van der Waals surface area contributed by atoms with Crippen LogP contribution in [0.1, 0.15) is 23.6 Å². The van der Waals surface area contributed by atoms with Crippen LogP contribution in [0.2, 0.25) is 0 Å². The fourth-order valence-corrected chi connectivity index (χ4v) is 2.83. The van der Waals surface area contributed by atoms with Gasteiger partial charge in [0.1, 0.15) is 5.52 Å². The SMILES string of the molecule is CC(=O)Nc1ccc2oc(-c3c(C)cc(C)cc3C)nc2c1. The van der Waals surface area contributed by atoms with E-state index in [1.165, 1.54) is 12.5 Å². The van der Waals surface area contributed by atoms with Crippen molar-refractivity contribution in [3.05, 3.63) is 47.0 Å². The molecule has 4 nitrogen and oxygen atoms in total. The number of carbonyl (C=O) groups is 1. The highest BCUT2D eigenvalue weighted by molar-refractivity contribution is 5.91. The molecule has 1 amide bonds. The maximum absolute atomic E-state index is 11.1. The molecular formula is C18H18N2O2. The molecule has 0 fully saturated rings. The number of anilines is 1. The van der Waals surface area contributed by atoms with Gasteiger partial charge in [0.2, 0.25) is 11.8 Å². The fourth-order valence-electron chi connectivity index (χ4n) is 2.83. The van der Waals surface area contributed by atoms with Gasteiger partial charge >= 0.3 is 0 Å². The molecule has 112 valence electrons. The highest BCUT2D eigenvalue weighted by atomic mass is 16.3. The van der Waals surface area contributed by atoms with Gasteiger partial charge in [-0.3, -0.25) is 4.79 Å². The van der Waals surface area contributed by atoms with Gasteiger partial charge in [-0.05, 0) is 50.1 Å². The molecule has 0 aliphatic heterocycles. The first-order valence-corrected chi connectivity index (χ1v) is 7.20. The van der Waals surface area contributed by atoms with Crippen molar-refractivity contribution in [1.29, 1.82) is 0 Å². The number of hydrogen-bond acceptors (Lipinski definition) is 3. The first-order chi connectivity index (χ1) is 10.4. The quantitative estimate of drug-likeness (QED) is 0.763. The minimum absolute atomic E-state index is 0.103. The summed E-state index contributed by atoms with van der Waals surface area (Å²) in [6.07, 6.45) is 0. The molecule has 3 rings (SSSR count). The molecule has 1 aromatic heterocycles. The Hall–Kier alpha value is -2.62. The largest absolute Gasteiger partial charge is 0.436 e. The molecule has 22 heavy (non-hydrogen) atoms. The number of carbonyl (C=O) groups excluding carboxylic acids is 1. The van der Waals surface area contributed by atoms with E-state index in [0.29, 0.717) is 11.5 Å². The van der Waals surface area contributed by atoms with Gasteiger partial charge in [-0.25, -0.2) is 4.98 Å². The molecule has 3 aromatic rings. The summed E-state index contributed by atoms with van der Waals surface area (Å²) in [7, 11) is 0. The van der Waals surface area contributed by atoms with Crippen molar-refractivity contribution in [1.82, 2.24) is 4.98 Å². The van der Waals surface area contributed by atoms with Gasteiger partial charge in [-0.15, -0.1) is 0 Å². The third-order valence-corrected chi connectivity index (χ3v) is 3.60. The molecule has 0 unspecified atom stereocenters. The third-order valence-electron chi connectivity index (χ3n) is 3.60. The van der Waals surface area contributed by atoms with E-state index in [0.717, 1.165) is 27.9 Å². The molecule has 0 saturated carbocycles. The van der Waals surface area contributed by atoms with Crippen LogP contribution in [0.3, 0.4) is 0 Å². The first-order valence-electron chi connectivity index (χ1n) is 7.20. The number of aromatic nitrogens is 1. The molecule has 1 heterocycles. The topological polar surface area (TPSA) is 55.1 Å². The van der Waals surface area contributed by atoms with Crippen LogP contribution >= 0.6 is 0 Å². The summed E-state index contributed by atoms with van der Waals surface area (Å²) in [4.78, 5) is 15.7. The zero-order chi connectivity index (χ0) is 15.9. The zero-order valence-corrected chi connectivity index (χ0v) is 13.2. The van der Waals surface area contributed by atoms with Crippen molar-refractivity contribution in [2.75, 3.05) is 5.32 Å². The fraction of sp³-hybridized carbons (Fsp3) is 0.222. The average molecular weight is 294 g/mol. The number of hydrogen-bond donors (Lipinski definition) is 1. The van der Waals surface area contributed by atoms with Crippen LogP contribution in [0.5, 0.6) is 0 Å². The zero-order valence-electron chi connectivity index (χ0n) is 13.2. The number of amides is 1. The number of aryl methyl sites for hydroxylation is 3. The van der Waals surface area contributed by atoms with E-state index >= 15 is 0 Å². The Kier molecular flexibility index (Phi) is 3.45. The first kappa shape index (κ1) is 14.3. The van der Waals surface area contributed by atoms with E-state index in [9.17, 15) is 4.79 Å². The number of rotatable bonds is 2. The van der Waals surface area contributed by atoms with Crippen LogP contribution in [0.25, 0.3) is 22.6 Å². The Morgan fingerprint density at radius 2 is 1.77 bits per heavy atom. The molecule has 0 bridgehead atoms. The predicted octanol–water partition coefficient (Wildman–Crippen LogP) is 4.38. The summed E-state index contributed by atoms with van der Waals surface area (Å²) in [5.74, 6) is 0.512. The molecule has 0 aliphatic rings. The van der Waals surface area contributed by atoms with Crippen molar-refractivity contribution in [3.8, 4) is 11.5 Å². The molecular weight excluding hydrogens is 276 g/mol. The molecule has 4 heteroatoms. The van der Waals surface area contributed by atoms with E-state index in [-0.39, 0.29) is 5.91 Å². The van der Waals surface area contributed by atoms with Crippen molar-refractivity contribution in [2.24, 2.45) is 0 Å². The summed E-state index contributed by atoms with van der Waals surface area (Å²) in [5, 5.41) is 2.76. The molecule has 0 saturated heterocycles. The van der Waals surface area contributed by atoms with E-state index in [1.54, 1.807) is 0 Å². The standard InChI is InChI=1S/C18H18N2O2/c1-10-7-11(2)17(12(3)8-10)18-20-15-9-14(19-13(4)21)5-6-16(15)22-18/h5-9H,1-4H3,(H,19,21). The van der Waals surface area contributed by atoms with Gasteiger partial charge in [0.15, 0.2) is 5.58 Å². The van der Waals surface area contributed by atoms with E-state index in [2.05, 4.69) is 43.2 Å². The lowest BCUT2D eigenvalue weighted by atomic mass is 10.00. The molecule has 0 atom stereocenters. The summed E-state index contributed by atoms with van der Waals surface area (Å²) >= 11 is 0. The van der Waals surface area contributed by atoms with E-state index < -0.39 is 0 Å². The molecule has 0 aliphatic carbocycles. The Bertz CT molecular complexity index is 855. The van der Waals surface area contributed by atoms with E-state index in [1.807, 2.05) is 18.2 Å². The summed E-state index contributed by atoms with van der Waals surface area (Å²) in [6, 6.07) is 9.71. The van der Waals surface area contributed by atoms with Crippen LogP contribution < -0.4 is 5.32 Å². The van der Waals surface area contributed by atoms with Crippen LogP contribution in [0.15, 0.2) is 34.7 Å². The number of benzene rings is 2. The van der Waals surface area contributed by atoms with Gasteiger partial charge < -0.3 is 9.73 Å². The van der Waals surface area contributed by atoms with Gasteiger partial charge in [0, 0.05) is 18.2 Å². The number of fused-ring (bicyclic) bond motifs is 1. The predicted molar refractivity (Wildman–Crippen MR) is 88.0 cm³/mol. The third kappa shape index (κ3) is 2.60. The summed E-state index contributed by atoms with van der Waals surface area (Å²) in [6.45, 7) is 7.69. The van der Waals surface area contributed by atoms with Crippen molar-refractivity contribution in [2.45, 2.75) is 27.7 Å². The molecule has 2 aromatic carbocycles. The second kappa shape index (κ2) is 5.30.